The second-order valence-corrected chi connectivity index (χ2v) is 5.18. The van der Waals surface area contributed by atoms with Gasteiger partial charge in [-0.3, -0.25) is 9.59 Å². The molecule has 0 spiro atoms. The lowest BCUT2D eigenvalue weighted by Crippen LogP contribution is -2.16. The molecule has 0 aromatic heterocycles. The summed E-state index contributed by atoms with van der Waals surface area (Å²) in [6.45, 7) is 1.81. The van der Waals surface area contributed by atoms with Crippen molar-refractivity contribution in [1.29, 1.82) is 0 Å². The van der Waals surface area contributed by atoms with Crippen LogP contribution in [0.25, 0.3) is 0 Å². The number of benzene rings is 2. The number of nitrogens with two attached hydrogens (primary N) is 1. The van der Waals surface area contributed by atoms with Gasteiger partial charge in [0, 0.05) is 16.3 Å². The maximum atomic E-state index is 12.0. The Balaban J connectivity index is 2.06. The van der Waals surface area contributed by atoms with E-state index in [1.54, 1.807) is 30.3 Å². The van der Waals surface area contributed by atoms with Crippen molar-refractivity contribution in [2.24, 2.45) is 5.73 Å². The molecule has 0 aliphatic rings. The van der Waals surface area contributed by atoms with Crippen LogP contribution in [0.2, 0.25) is 5.02 Å². The zero-order valence-electron chi connectivity index (χ0n) is 11.5. The largest absolute Gasteiger partial charge is 0.366 e. The second-order valence-electron chi connectivity index (χ2n) is 4.75. The van der Waals surface area contributed by atoms with E-state index in [2.05, 4.69) is 5.32 Å². The molecule has 2 amide bonds. The second kappa shape index (κ2) is 6.41. The van der Waals surface area contributed by atoms with Crippen molar-refractivity contribution in [3.63, 3.8) is 0 Å². The molecule has 0 unspecified atom stereocenters. The van der Waals surface area contributed by atoms with Gasteiger partial charge in [0.25, 0.3) is 0 Å². The molecule has 0 radical (unpaired) electrons. The third-order valence-electron chi connectivity index (χ3n) is 3.06. The van der Waals surface area contributed by atoms with E-state index >= 15 is 0 Å². The van der Waals surface area contributed by atoms with Crippen LogP contribution < -0.4 is 11.1 Å². The SMILES string of the molecule is Cc1cc(C(N)=O)ccc1NC(=O)Cc1ccc(Cl)cc1. The van der Waals surface area contributed by atoms with E-state index in [-0.39, 0.29) is 12.3 Å². The molecule has 0 saturated carbocycles. The summed E-state index contributed by atoms with van der Waals surface area (Å²) in [5, 5.41) is 3.45. The molecule has 108 valence electrons. The number of primary amides is 1. The van der Waals surface area contributed by atoms with Crippen molar-refractivity contribution in [3.05, 3.63) is 64.2 Å². The van der Waals surface area contributed by atoms with Crippen LogP contribution in [0.5, 0.6) is 0 Å². The molecule has 5 heteroatoms. The Kier molecular flexibility index (Phi) is 4.60. The lowest BCUT2D eigenvalue weighted by Gasteiger charge is -2.09. The summed E-state index contributed by atoms with van der Waals surface area (Å²) in [4.78, 5) is 23.1. The Hall–Kier alpha value is -2.33. The molecular weight excluding hydrogens is 288 g/mol. The summed E-state index contributed by atoms with van der Waals surface area (Å²) >= 11 is 5.80. The van der Waals surface area contributed by atoms with Crippen LogP contribution in [-0.4, -0.2) is 11.8 Å². The van der Waals surface area contributed by atoms with Crippen LogP contribution in [0, 0.1) is 6.92 Å². The molecule has 2 aromatic rings. The number of nitrogens with one attached hydrogen (secondary N) is 1. The molecule has 4 nitrogen and oxygen atoms in total. The number of aryl methyl sites for hydroxylation is 1. The van der Waals surface area contributed by atoms with Gasteiger partial charge in [-0.15, -0.1) is 0 Å². The number of carbonyl (C=O) groups is 2. The summed E-state index contributed by atoms with van der Waals surface area (Å²) in [5.41, 5.74) is 7.96. The van der Waals surface area contributed by atoms with Crippen LogP contribution in [-0.2, 0) is 11.2 Å². The quantitative estimate of drug-likeness (QED) is 0.911. The van der Waals surface area contributed by atoms with Crippen molar-refractivity contribution in [2.75, 3.05) is 5.32 Å². The minimum atomic E-state index is -0.489. The van der Waals surface area contributed by atoms with Crippen molar-refractivity contribution in [1.82, 2.24) is 0 Å². The highest BCUT2D eigenvalue weighted by Gasteiger charge is 2.08. The molecule has 0 saturated heterocycles. The van der Waals surface area contributed by atoms with Gasteiger partial charge in [0.05, 0.1) is 6.42 Å². The standard InChI is InChI=1S/C16H15ClN2O2/c1-10-8-12(16(18)21)4-7-14(10)19-15(20)9-11-2-5-13(17)6-3-11/h2-8H,9H2,1H3,(H2,18,21)(H,19,20). The van der Waals surface area contributed by atoms with E-state index in [1.165, 1.54) is 0 Å². The number of amides is 2. The average molecular weight is 303 g/mol. The van der Waals surface area contributed by atoms with Crippen molar-refractivity contribution < 1.29 is 9.59 Å². The van der Waals surface area contributed by atoms with Crippen molar-refractivity contribution in [3.8, 4) is 0 Å². The molecule has 0 aliphatic carbocycles. The third-order valence-corrected chi connectivity index (χ3v) is 3.31. The topological polar surface area (TPSA) is 72.2 Å². The predicted octanol–water partition coefficient (Wildman–Crippen LogP) is 2.93. The number of anilines is 1. The molecule has 21 heavy (non-hydrogen) atoms. The Morgan fingerprint density at radius 2 is 1.81 bits per heavy atom. The van der Waals surface area contributed by atoms with E-state index in [0.717, 1.165) is 11.1 Å². The van der Waals surface area contributed by atoms with E-state index in [0.29, 0.717) is 16.3 Å². The highest BCUT2D eigenvalue weighted by Crippen LogP contribution is 2.17. The average Bonchev–Trinajstić information content (AvgIpc) is 2.43. The Labute approximate surface area is 127 Å². The number of hydrogen-bond donors (Lipinski definition) is 2. The fraction of sp³-hybridized carbons (Fsp3) is 0.125. The Bertz CT molecular complexity index is 681. The summed E-state index contributed by atoms with van der Waals surface area (Å²) in [5.74, 6) is -0.621. The van der Waals surface area contributed by atoms with E-state index in [4.69, 9.17) is 17.3 Å². The number of rotatable bonds is 4. The molecule has 0 atom stereocenters. The molecule has 0 aliphatic heterocycles. The first kappa shape index (κ1) is 15.1. The molecule has 2 aromatic carbocycles. The van der Waals surface area contributed by atoms with Crippen LogP contribution in [0.3, 0.4) is 0 Å². The normalized spacial score (nSPS) is 10.2. The van der Waals surface area contributed by atoms with E-state index in [9.17, 15) is 9.59 Å². The lowest BCUT2D eigenvalue weighted by atomic mass is 10.1. The summed E-state index contributed by atoms with van der Waals surface area (Å²) in [7, 11) is 0. The summed E-state index contributed by atoms with van der Waals surface area (Å²) in [6.07, 6.45) is 0.258. The fourth-order valence-corrected chi connectivity index (χ4v) is 2.07. The van der Waals surface area contributed by atoms with Crippen LogP contribution >= 0.6 is 11.6 Å². The van der Waals surface area contributed by atoms with Crippen molar-refractivity contribution in [2.45, 2.75) is 13.3 Å². The molecule has 0 fully saturated rings. The maximum absolute atomic E-state index is 12.0. The summed E-state index contributed by atoms with van der Waals surface area (Å²) in [6, 6.07) is 12.0. The lowest BCUT2D eigenvalue weighted by molar-refractivity contribution is -0.115. The van der Waals surface area contributed by atoms with Gasteiger partial charge in [-0.2, -0.15) is 0 Å². The molecule has 3 N–H and O–H groups in total. The van der Waals surface area contributed by atoms with E-state index < -0.39 is 5.91 Å². The smallest absolute Gasteiger partial charge is 0.248 e. The van der Waals surface area contributed by atoms with Gasteiger partial charge in [-0.1, -0.05) is 23.7 Å². The minimum Gasteiger partial charge on any atom is -0.366 e. The highest BCUT2D eigenvalue weighted by atomic mass is 35.5. The summed E-state index contributed by atoms with van der Waals surface area (Å²) < 4.78 is 0. The Morgan fingerprint density at radius 3 is 2.38 bits per heavy atom. The minimum absolute atomic E-state index is 0.132. The molecule has 0 bridgehead atoms. The highest BCUT2D eigenvalue weighted by molar-refractivity contribution is 6.30. The predicted molar refractivity (Wildman–Crippen MR) is 83.5 cm³/mol. The van der Waals surface area contributed by atoms with Gasteiger partial charge in [0.15, 0.2) is 0 Å². The number of carbonyl (C=O) groups excluding carboxylic acids is 2. The van der Waals surface area contributed by atoms with Crippen LogP contribution in [0.15, 0.2) is 42.5 Å². The molecule has 0 heterocycles. The number of hydrogen-bond acceptors (Lipinski definition) is 2. The zero-order chi connectivity index (χ0) is 15.4. The van der Waals surface area contributed by atoms with Gasteiger partial charge < -0.3 is 11.1 Å². The van der Waals surface area contributed by atoms with Crippen molar-refractivity contribution >= 4 is 29.1 Å². The fourth-order valence-electron chi connectivity index (χ4n) is 1.94. The first-order chi connectivity index (χ1) is 9.95. The Morgan fingerprint density at radius 1 is 1.14 bits per heavy atom. The first-order valence-electron chi connectivity index (χ1n) is 6.40. The first-order valence-corrected chi connectivity index (χ1v) is 6.78. The van der Waals surface area contributed by atoms with E-state index in [1.807, 2.05) is 19.1 Å². The van der Waals surface area contributed by atoms with Gasteiger partial charge in [0.2, 0.25) is 11.8 Å². The maximum Gasteiger partial charge on any atom is 0.248 e. The van der Waals surface area contributed by atoms with Gasteiger partial charge >= 0.3 is 0 Å². The van der Waals surface area contributed by atoms with Crippen LogP contribution in [0.1, 0.15) is 21.5 Å². The van der Waals surface area contributed by atoms with Gasteiger partial charge in [0.1, 0.15) is 0 Å². The van der Waals surface area contributed by atoms with Gasteiger partial charge in [-0.05, 0) is 48.4 Å². The zero-order valence-corrected chi connectivity index (χ0v) is 12.3. The molecule has 2 rings (SSSR count). The monoisotopic (exact) mass is 302 g/mol. The van der Waals surface area contributed by atoms with Crippen LogP contribution in [0.4, 0.5) is 5.69 Å². The molecular formula is C16H15ClN2O2. The van der Waals surface area contributed by atoms with Gasteiger partial charge in [-0.25, -0.2) is 0 Å². The number of halogens is 1. The third kappa shape index (κ3) is 4.07.